The van der Waals surface area contributed by atoms with E-state index in [-0.39, 0.29) is 11.7 Å². The van der Waals surface area contributed by atoms with E-state index in [4.69, 9.17) is 0 Å². The van der Waals surface area contributed by atoms with Crippen molar-refractivity contribution in [2.45, 2.75) is 12.3 Å². The smallest absolute Gasteiger partial charge is 0.123 e. The molecule has 2 aromatic carbocycles. The highest BCUT2D eigenvalue weighted by Gasteiger charge is 2.16. The van der Waals surface area contributed by atoms with Crippen molar-refractivity contribution in [1.82, 2.24) is 9.78 Å². The van der Waals surface area contributed by atoms with Crippen LogP contribution in [-0.2, 0) is 13.5 Å². The van der Waals surface area contributed by atoms with Crippen LogP contribution in [0, 0.1) is 5.82 Å². The van der Waals surface area contributed by atoms with Gasteiger partial charge in [0, 0.05) is 17.8 Å². The van der Waals surface area contributed by atoms with Gasteiger partial charge in [0.25, 0.3) is 0 Å². The van der Waals surface area contributed by atoms with Gasteiger partial charge in [0.2, 0.25) is 0 Å². The molecule has 0 saturated heterocycles. The van der Waals surface area contributed by atoms with Crippen molar-refractivity contribution >= 4 is 26.8 Å². The molecule has 0 N–H and O–H groups in total. The van der Waals surface area contributed by atoms with Crippen LogP contribution in [0.15, 0.2) is 48.5 Å². The van der Waals surface area contributed by atoms with Crippen LogP contribution in [-0.4, -0.2) is 15.1 Å². The largest absolute Gasteiger partial charge is 0.268 e. The van der Waals surface area contributed by atoms with E-state index in [1.54, 1.807) is 0 Å². The topological polar surface area (TPSA) is 17.8 Å². The number of hydrogen-bond donors (Lipinski definition) is 0. The lowest BCUT2D eigenvalue weighted by Crippen LogP contribution is -2.06. The van der Waals surface area contributed by atoms with Gasteiger partial charge in [-0.15, -0.1) is 0 Å². The number of benzene rings is 2. The van der Waals surface area contributed by atoms with Gasteiger partial charge >= 0.3 is 0 Å². The van der Waals surface area contributed by atoms with Crippen LogP contribution in [0.5, 0.6) is 0 Å². The Hall–Kier alpha value is -1.68. The zero-order valence-corrected chi connectivity index (χ0v) is 13.3. The molecule has 0 saturated carbocycles. The standard InChI is InChI=1S/C17H16BrFN2/c1-21-17-5-3-2-4-15(17)16(20-21)10-13(11-18)12-6-8-14(19)9-7-12/h2-9,13H,10-11H2,1H3. The normalized spacial score (nSPS) is 12.7. The Kier molecular flexibility index (Phi) is 4.06. The maximum absolute atomic E-state index is 13.1. The van der Waals surface area contributed by atoms with Crippen molar-refractivity contribution in [3.05, 3.63) is 65.6 Å². The molecule has 0 bridgehead atoms. The molecule has 0 spiro atoms. The minimum atomic E-state index is -0.199. The van der Waals surface area contributed by atoms with E-state index in [1.807, 2.05) is 36.0 Å². The summed E-state index contributed by atoms with van der Waals surface area (Å²) in [5.74, 6) is 0.0827. The van der Waals surface area contributed by atoms with Crippen LogP contribution in [0.2, 0.25) is 0 Å². The molecule has 1 aromatic heterocycles. The summed E-state index contributed by atoms with van der Waals surface area (Å²) in [7, 11) is 1.97. The average molecular weight is 347 g/mol. The third kappa shape index (κ3) is 2.86. The monoisotopic (exact) mass is 346 g/mol. The number of fused-ring (bicyclic) bond motifs is 1. The summed E-state index contributed by atoms with van der Waals surface area (Å²) in [5.41, 5.74) is 3.35. The van der Waals surface area contributed by atoms with E-state index in [0.717, 1.165) is 28.5 Å². The summed E-state index contributed by atoms with van der Waals surface area (Å²) in [5, 5.41) is 6.65. The van der Waals surface area contributed by atoms with E-state index in [9.17, 15) is 4.39 Å². The number of nitrogens with zero attached hydrogens (tertiary/aromatic N) is 2. The molecule has 0 aliphatic rings. The summed E-state index contributed by atoms with van der Waals surface area (Å²) < 4.78 is 15.0. The highest BCUT2D eigenvalue weighted by molar-refractivity contribution is 9.09. The van der Waals surface area contributed by atoms with E-state index < -0.39 is 0 Å². The maximum Gasteiger partial charge on any atom is 0.123 e. The number of hydrogen-bond acceptors (Lipinski definition) is 1. The van der Waals surface area contributed by atoms with E-state index in [2.05, 4.69) is 33.2 Å². The van der Waals surface area contributed by atoms with Crippen molar-refractivity contribution in [1.29, 1.82) is 0 Å². The molecule has 108 valence electrons. The molecular formula is C17H16BrFN2. The summed E-state index contributed by atoms with van der Waals surface area (Å²) in [6, 6.07) is 15.0. The highest BCUT2D eigenvalue weighted by Crippen LogP contribution is 2.26. The number of alkyl halides is 1. The van der Waals surface area contributed by atoms with E-state index in [0.29, 0.717) is 0 Å². The number of para-hydroxylation sites is 1. The number of halogens is 2. The van der Waals surface area contributed by atoms with Gasteiger partial charge in [0.15, 0.2) is 0 Å². The first-order chi connectivity index (χ1) is 10.2. The van der Waals surface area contributed by atoms with Crippen molar-refractivity contribution in [2.75, 3.05) is 5.33 Å². The minimum Gasteiger partial charge on any atom is -0.268 e. The van der Waals surface area contributed by atoms with E-state index >= 15 is 0 Å². The zero-order valence-electron chi connectivity index (χ0n) is 11.8. The molecule has 21 heavy (non-hydrogen) atoms. The Bertz CT molecular complexity index is 749. The molecular weight excluding hydrogens is 331 g/mol. The first-order valence-electron chi connectivity index (χ1n) is 6.91. The second-order valence-corrected chi connectivity index (χ2v) is 5.84. The predicted octanol–water partition coefficient (Wildman–Crippen LogP) is 4.43. The summed E-state index contributed by atoms with van der Waals surface area (Å²) in [4.78, 5) is 0. The SMILES string of the molecule is Cn1nc(CC(CBr)c2ccc(F)cc2)c2ccccc21. The quantitative estimate of drug-likeness (QED) is 0.639. The molecule has 4 heteroatoms. The molecule has 0 aliphatic heterocycles. The van der Waals surface area contributed by atoms with Gasteiger partial charge < -0.3 is 0 Å². The van der Waals surface area contributed by atoms with Crippen molar-refractivity contribution < 1.29 is 4.39 Å². The van der Waals surface area contributed by atoms with Crippen LogP contribution < -0.4 is 0 Å². The number of aryl methyl sites for hydroxylation is 1. The minimum absolute atomic E-state index is 0.199. The Morgan fingerprint density at radius 3 is 2.57 bits per heavy atom. The van der Waals surface area contributed by atoms with Gasteiger partial charge in [-0.05, 0) is 36.1 Å². The van der Waals surface area contributed by atoms with Crippen LogP contribution in [0.3, 0.4) is 0 Å². The molecule has 0 amide bonds. The highest BCUT2D eigenvalue weighted by atomic mass is 79.9. The van der Waals surface area contributed by atoms with Crippen molar-refractivity contribution in [2.24, 2.45) is 7.05 Å². The average Bonchev–Trinajstić information content (AvgIpc) is 2.83. The summed E-state index contributed by atoms with van der Waals surface area (Å²) >= 11 is 3.57. The molecule has 0 aliphatic carbocycles. The predicted molar refractivity (Wildman–Crippen MR) is 87.4 cm³/mol. The second-order valence-electron chi connectivity index (χ2n) is 5.19. The maximum atomic E-state index is 13.1. The molecule has 0 radical (unpaired) electrons. The number of aromatic nitrogens is 2. The molecule has 1 unspecified atom stereocenters. The lowest BCUT2D eigenvalue weighted by atomic mass is 9.95. The molecule has 2 nitrogen and oxygen atoms in total. The molecule has 0 fully saturated rings. The van der Waals surface area contributed by atoms with Crippen LogP contribution >= 0.6 is 15.9 Å². The first kappa shape index (κ1) is 14.3. The molecule has 3 aromatic rings. The fourth-order valence-electron chi connectivity index (χ4n) is 2.67. The van der Waals surface area contributed by atoms with Crippen LogP contribution in [0.4, 0.5) is 4.39 Å². The van der Waals surface area contributed by atoms with Crippen molar-refractivity contribution in [3.8, 4) is 0 Å². The first-order valence-corrected chi connectivity index (χ1v) is 8.03. The molecule has 1 atom stereocenters. The van der Waals surface area contributed by atoms with Crippen LogP contribution in [0.1, 0.15) is 17.2 Å². The Balaban J connectivity index is 1.94. The third-order valence-corrected chi connectivity index (χ3v) is 4.58. The van der Waals surface area contributed by atoms with Gasteiger partial charge in [-0.1, -0.05) is 46.3 Å². The fourth-order valence-corrected chi connectivity index (χ4v) is 3.27. The van der Waals surface area contributed by atoms with Crippen molar-refractivity contribution in [3.63, 3.8) is 0 Å². The Morgan fingerprint density at radius 1 is 1.14 bits per heavy atom. The zero-order chi connectivity index (χ0) is 14.8. The van der Waals surface area contributed by atoms with Gasteiger partial charge in [-0.25, -0.2) is 4.39 Å². The lowest BCUT2D eigenvalue weighted by molar-refractivity contribution is 0.625. The van der Waals surface area contributed by atoms with Gasteiger partial charge in [0.05, 0.1) is 11.2 Å². The summed E-state index contributed by atoms with van der Waals surface area (Å²) in [6.07, 6.45) is 0.832. The second kappa shape index (κ2) is 5.98. The Morgan fingerprint density at radius 2 is 1.86 bits per heavy atom. The third-order valence-electron chi connectivity index (χ3n) is 3.80. The van der Waals surface area contributed by atoms with Gasteiger partial charge in [0.1, 0.15) is 5.82 Å². The Labute approximate surface area is 131 Å². The summed E-state index contributed by atoms with van der Waals surface area (Å²) in [6.45, 7) is 0. The fraction of sp³-hybridized carbons (Fsp3) is 0.235. The molecule has 3 rings (SSSR count). The van der Waals surface area contributed by atoms with E-state index in [1.165, 1.54) is 17.5 Å². The van der Waals surface area contributed by atoms with Crippen LogP contribution in [0.25, 0.3) is 10.9 Å². The lowest BCUT2D eigenvalue weighted by Gasteiger charge is -2.13. The number of rotatable bonds is 4. The molecule has 1 heterocycles. The van der Waals surface area contributed by atoms with Gasteiger partial charge in [-0.3, -0.25) is 4.68 Å². The van der Waals surface area contributed by atoms with Gasteiger partial charge in [-0.2, -0.15) is 5.10 Å².